The maximum atomic E-state index is 14.7. The van der Waals surface area contributed by atoms with Crippen LogP contribution in [0, 0.1) is 24.1 Å². The smallest absolute Gasteiger partial charge is 0.265 e. The van der Waals surface area contributed by atoms with Crippen molar-refractivity contribution in [1.29, 1.82) is 0 Å². The van der Waals surface area contributed by atoms with Gasteiger partial charge >= 0.3 is 0 Å². The maximum Gasteiger partial charge on any atom is 0.265 e. The average Bonchev–Trinajstić information content (AvgIpc) is 3.27. The number of rotatable bonds is 5. The zero-order chi connectivity index (χ0) is 34.2. The third kappa shape index (κ3) is 6.48. The number of ketones is 3. The second-order valence-corrected chi connectivity index (χ2v) is 13.8. The molecule has 3 amide bonds. The van der Waals surface area contributed by atoms with Crippen LogP contribution in [0.1, 0.15) is 55.3 Å². The SMILES string of the molecule is C#CCN1C(=O)COc2cc(F)c(N3C(=O)C4=C(CCCC4)C3=O)cc21.CS(=O)(=O)c1ccc(C(=O)C2C(=O)CCCC2=O)c(Cl)c1. The van der Waals surface area contributed by atoms with Crippen molar-refractivity contribution in [1.82, 2.24) is 0 Å². The minimum absolute atomic E-state index is 0.00216. The number of carbonyl (C=O) groups is 6. The van der Waals surface area contributed by atoms with E-state index in [9.17, 15) is 41.6 Å². The van der Waals surface area contributed by atoms with Gasteiger partial charge in [0.25, 0.3) is 17.7 Å². The van der Waals surface area contributed by atoms with Gasteiger partial charge in [0.2, 0.25) is 0 Å². The molecule has 0 bridgehead atoms. The van der Waals surface area contributed by atoms with E-state index < -0.39 is 50.7 Å². The zero-order valence-corrected chi connectivity index (χ0v) is 26.7. The molecule has 0 saturated heterocycles. The van der Waals surface area contributed by atoms with Crippen molar-refractivity contribution in [2.75, 3.05) is 29.2 Å². The van der Waals surface area contributed by atoms with Gasteiger partial charge in [0.1, 0.15) is 11.7 Å². The number of sulfone groups is 1. The van der Waals surface area contributed by atoms with Crippen LogP contribution in [-0.4, -0.2) is 62.9 Å². The van der Waals surface area contributed by atoms with E-state index in [0.29, 0.717) is 30.4 Å². The van der Waals surface area contributed by atoms with E-state index in [2.05, 4.69) is 5.92 Å². The number of carbonyl (C=O) groups excluding carboxylic acids is 6. The van der Waals surface area contributed by atoms with E-state index in [1.807, 2.05) is 0 Å². The minimum atomic E-state index is -3.44. The summed E-state index contributed by atoms with van der Waals surface area (Å²) in [4.78, 5) is 75.4. The fraction of sp³-hybridized carbons (Fsp3) is 0.333. The van der Waals surface area contributed by atoms with Crippen molar-refractivity contribution in [2.45, 2.75) is 49.8 Å². The van der Waals surface area contributed by atoms with E-state index in [1.165, 1.54) is 23.1 Å². The van der Waals surface area contributed by atoms with E-state index in [1.54, 1.807) is 0 Å². The second kappa shape index (κ2) is 13.2. The summed E-state index contributed by atoms with van der Waals surface area (Å²) in [5.41, 5.74) is 0.990. The highest BCUT2D eigenvalue weighted by Crippen LogP contribution is 2.41. The summed E-state index contributed by atoms with van der Waals surface area (Å²) in [5.74, 6) is -2.36. The van der Waals surface area contributed by atoms with E-state index >= 15 is 0 Å². The molecule has 6 rings (SSSR count). The number of hydrogen-bond donors (Lipinski definition) is 0. The Morgan fingerprint density at radius 3 is 2.13 bits per heavy atom. The van der Waals surface area contributed by atoms with Crippen molar-refractivity contribution in [3.8, 4) is 18.1 Å². The van der Waals surface area contributed by atoms with Gasteiger partial charge in [-0.05, 0) is 56.4 Å². The van der Waals surface area contributed by atoms with Crippen molar-refractivity contribution < 1.29 is 46.3 Å². The molecule has 14 heteroatoms. The highest BCUT2D eigenvalue weighted by Gasteiger charge is 2.42. The number of halogens is 2. The Hall–Kier alpha value is -4.67. The van der Waals surface area contributed by atoms with Crippen LogP contribution in [0.5, 0.6) is 5.75 Å². The number of ether oxygens (including phenoxy) is 1. The molecule has 1 saturated carbocycles. The Morgan fingerprint density at radius 2 is 1.57 bits per heavy atom. The number of amides is 3. The molecule has 0 unspecified atom stereocenters. The highest BCUT2D eigenvalue weighted by atomic mass is 35.5. The standard InChI is InChI=1S/C19H15FN2O4.C14H13ClO5S/c1-2-7-21-15-9-14(13(20)8-16(15)26-10-17(21)23)22-18(24)11-5-3-4-6-12(11)19(22)25;1-21(19,20)8-5-6-9(10(15)7-8)14(18)13-11(16)3-2-4-12(13)17/h1,8-9H,3-7,10H2;5-7,13H,2-4H2,1H3. The molecule has 2 aromatic carbocycles. The molecule has 2 aliphatic carbocycles. The lowest BCUT2D eigenvalue weighted by molar-refractivity contribution is -0.133. The summed E-state index contributed by atoms with van der Waals surface area (Å²) in [5, 5.41) is -0.0749. The first kappa shape index (κ1) is 33.7. The van der Waals surface area contributed by atoms with Gasteiger partial charge in [0.15, 0.2) is 39.6 Å². The lowest BCUT2D eigenvalue weighted by Gasteiger charge is -2.29. The molecule has 0 N–H and O–H groups in total. The first-order valence-corrected chi connectivity index (χ1v) is 16.9. The summed E-state index contributed by atoms with van der Waals surface area (Å²) in [6.45, 7) is -0.262. The van der Waals surface area contributed by atoms with Gasteiger partial charge in [-0.2, -0.15) is 0 Å². The Labute approximate surface area is 274 Å². The average molecular weight is 683 g/mol. The number of anilines is 2. The Kier molecular flexibility index (Phi) is 9.47. The van der Waals surface area contributed by atoms with Crippen LogP contribution in [0.15, 0.2) is 46.4 Å². The van der Waals surface area contributed by atoms with Crippen molar-refractivity contribution in [3.05, 3.63) is 57.9 Å². The zero-order valence-electron chi connectivity index (χ0n) is 25.1. The second-order valence-electron chi connectivity index (χ2n) is 11.4. The number of imide groups is 1. The number of benzene rings is 2. The Bertz CT molecular complexity index is 1900. The lowest BCUT2D eigenvalue weighted by atomic mass is 9.82. The number of fused-ring (bicyclic) bond motifs is 1. The van der Waals surface area contributed by atoms with Crippen LogP contribution >= 0.6 is 11.6 Å². The van der Waals surface area contributed by atoms with E-state index in [-0.39, 0.29) is 64.5 Å². The number of Topliss-reactive ketones (excluding diaryl/α,β-unsaturated/α-hetero) is 3. The summed E-state index contributed by atoms with van der Waals surface area (Å²) >= 11 is 5.94. The van der Waals surface area contributed by atoms with Crippen LogP contribution in [0.2, 0.25) is 5.02 Å². The van der Waals surface area contributed by atoms with Gasteiger partial charge in [-0.15, -0.1) is 6.42 Å². The number of hydrogen-bond acceptors (Lipinski definition) is 9. The molecule has 244 valence electrons. The first-order valence-electron chi connectivity index (χ1n) is 14.6. The third-order valence-corrected chi connectivity index (χ3v) is 9.66. The Morgan fingerprint density at radius 1 is 0.957 bits per heavy atom. The molecular weight excluding hydrogens is 655 g/mol. The Balaban J connectivity index is 0.000000189. The van der Waals surface area contributed by atoms with Crippen LogP contribution < -0.4 is 14.5 Å². The molecule has 0 aromatic heterocycles. The van der Waals surface area contributed by atoms with Crippen LogP contribution in [0.25, 0.3) is 0 Å². The largest absolute Gasteiger partial charge is 0.481 e. The predicted octanol–water partition coefficient (Wildman–Crippen LogP) is 3.79. The maximum absolute atomic E-state index is 14.7. The quantitative estimate of drug-likeness (QED) is 0.198. The fourth-order valence-electron chi connectivity index (χ4n) is 5.88. The normalized spacial score (nSPS) is 18.3. The van der Waals surface area contributed by atoms with Gasteiger partial charge in [-0.1, -0.05) is 17.5 Å². The fourth-order valence-corrected chi connectivity index (χ4v) is 6.87. The summed E-state index contributed by atoms with van der Waals surface area (Å²) in [7, 11) is -3.44. The van der Waals surface area contributed by atoms with Crippen molar-refractivity contribution >= 4 is 67.9 Å². The monoisotopic (exact) mass is 682 g/mol. The van der Waals surface area contributed by atoms with Gasteiger partial charge < -0.3 is 4.74 Å². The van der Waals surface area contributed by atoms with Gasteiger partial charge in [0, 0.05) is 41.9 Å². The van der Waals surface area contributed by atoms with Crippen LogP contribution in [0.3, 0.4) is 0 Å². The minimum Gasteiger partial charge on any atom is -0.481 e. The predicted molar refractivity (Wildman–Crippen MR) is 167 cm³/mol. The topological polar surface area (TPSA) is 152 Å². The highest BCUT2D eigenvalue weighted by molar-refractivity contribution is 7.90. The number of nitrogens with zero attached hydrogens (tertiary/aromatic N) is 2. The summed E-state index contributed by atoms with van der Waals surface area (Å²) in [6, 6.07) is 6.01. The molecule has 2 aliphatic heterocycles. The summed E-state index contributed by atoms with van der Waals surface area (Å²) in [6.07, 6.45) is 9.89. The summed E-state index contributed by atoms with van der Waals surface area (Å²) < 4.78 is 42.8. The molecule has 2 heterocycles. The first-order chi connectivity index (χ1) is 22.2. The molecule has 11 nitrogen and oxygen atoms in total. The molecule has 0 radical (unpaired) electrons. The molecule has 4 aliphatic rings. The van der Waals surface area contributed by atoms with Gasteiger partial charge in [-0.3, -0.25) is 33.7 Å². The lowest BCUT2D eigenvalue weighted by Crippen LogP contribution is -2.39. The van der Waals surface area contributed by atoms with Crippen molar-refractivity contribution in [2.24, 2.45) is 5.92 Å². The molecule has 0 atom stereocenters. The van der Waals surface area contributed by atoms with E-state index in [0.717, 1.165) is 36.1 Å². The molecule has 47 heavy (non-hydrogen) atoms. The van der Waals surface area contributed by atoms with Crippen LogP contribution in [-0.2, 0) is 33.8 Å². The van der Waals surface area contributed by atoms with Gasteiger partial charge in [0.05, 0.1) is 27.8 Å². The molecule has 1 fully saturated rings. The van der Waals surface area contributed by atoms with E-state index in [4.69, 9.17) is 22.8 Å². The third-order valence-electron chi connectivity index (χ3n) is 8.24. The van der Waals surface area contributed by atoms with Gasteiger partial charge in [-0.25, -0.2) is 17.7 Å². The molecular formula is C33H28ClFN2O9S. The molecule has 0 spiro atoms. The molecule has 2 aromatic rings. The van der Waals surface area contributed by atoms with Crippen LogP contribution in [0.4, 0.5) is 15.8 Å². The number of terminal acetylenes is 1. The van der Waals surface area contributed by atoms with Crippen molar-refractivity contribution in [3.63, 3.8) is 0 Å².